The highest BCUT2D eigenvalue weighted by molar-refractivity contribution is 6.06. The van der Waals surface area contributed by atoms with Crippen molar-refractivity contribution in [2.45, 2.75) is 65.6 Å². The van der Waals surface area contributed by atoms with Crippen molar-refractivity contribution >= 4 is 29.5 Å². The van der Waals surface area contributed by atoms with Crippen molar-refractivity contribution in [1.29, 1.82) is 0 Å². The molecule has 5 rings (SSSR count). The van der Waals surface area contributed by atoms with Crippen LogP contribution in [0.5, 0.6) is 0 Å². The van der Waals surface area contributed by atoms with Gasteiger partial charge in [0, 0.05) is 5.41 Å². The lowest BCUT2D eigenvalue weighted by Crippen LogP contribution is -2.54. The van der Waals surface area contributed by atoms with Crippen LogP contribution in [-0.4, -0.2) is 73.2 Å². The highest BCUT2D eigenvalue weighted by Crippen LogP contribution is 2.45. The lowest BCUT2D eigenvalue weighted by Gasteiger charge is -2.47. The van der Waals surface area contributed by atoms with Gasteiger partial charge in [0.2, 0.25) is 11.9 Å². The topological polar surface area (TPSA) is 202 Å². The third-order valence-corrected chi connectivity index (χ3v) is 6.71. The molecule has 0 aromatic carbocycles. The van der Waals surface area contributed by atoms with Crippen molar-refractivity contribution < 1.29 is 0 Å². The molecule has 1 unspecified atom stereocenters. The molecule has 0 spiro atoms. The number of nitrogens with one attached hydrogen (secondary N) is 2. The first-order valence-electron chi connectivity index (χ1n) is 10.7. The molecule has 1 atom stereocenters. The third kappa shape index (κ3) is 3.24. The summed E-state index contributed by atoms with van der Waals surface area (Å²) in [6.45, 7) is 14.3. The summed E-state index contributed by atoms with van der Waals surface area (Å²) in [6.07, 6.45) is 0. The molecule has 0 radical (unpaired) electrons. The molecule has 0 bridgehead atoms. The fourth-order valence-corrected chi connectivity index (χ4v) is 3.41. The van der Waals surface area contributed by atoms with Gasteiger partial charge in [-0.1, -0.05) is 19.1 Å². The SMILES string of the molecule is CC1N(c2n[nH]c(Nc3nnc(-n4nc(C5=NC(C)(C)C5(C)C)nc4N)nn3)n2)N=NC1(C)C. The largest absolute Gasteiger partial charge is 0.368 e. The van der Waals surface area contributed by atoms with E-state index in [0.29, 0.717) is 17.7 Å². The van der Waals surface area contributed by atoms with Crippen LogP contribution in [0.25, 0.3) is 5.95 Å². The van der Waals surface area contributed by atoms with Crippen LogP contribution in [-0.2, 0) is 0 Å². The van der Waals surface area contributed by atoms with Gasteiger partial charge in [0.05, 0.1) is 17.3 Å². The number of rotatable bonds is 5. The molecule has 3 aromatic heterocycles. The number of hydrogen-bond acceptors (Lipinski definition) is 14. The standard InChI is InChI=1S/C18H26N16/c1-8-17(4,5)31-32-33(8)14-22-12(24-27-14)21-13-25-28-15(29-26-13)34-11(19)20-10(30-34)9-16(2,3)18(6,7)23-9/h8H,1-7H3,(H2,19,20,30)(H2,21,22,24,25,26,27). The molecule has 16 nitrogen and oxygen atoms in total. The maximum absolute atomic E-state index is 6.04. The molecule has 34 heavy (non-hydrogen) atoms. The molecule has 16 heteroatoms. The first-order valence-corrected chi connectivity index (χ1v) is 10.7. The summed E-state index contributed by atoms with van der Waals surface area (Å²) in [7, 11) is 0. The number of nitrogens with two attached hydrogens (primary N) is 1. The van der Waals surface area contributed by atoms with Crippen LogP contribution >= 0.6 is 0 Å². The number of H-pyrrole nitrogens is 1. The van der Waals surface area contributed by atoms with Crippen molar-refractivity contribution in [3.05, 3.63) is 5.82 Å². The molecule has 0 fully saturated rings. The van der Waals surface area contributed by atoms with Crippen molar-refractivity contribution in [3.63, 3.8) is 0 Å². The Labute approximate surface area is 194 Å². The lowest BCUT2D eigenvalue weighted by atomic mass is 9.65. The number of aliphatic imine (C=N–C) groups is 1. The Balaban J connectivity index is 1.31. The minimum atomic E-state index is -0.332. The Hall–Kier alpha value is -4.11. The predicted molar refractivity (Wildman–Crippen MR) is 122 cm³/mol. The summed E-state index contributed by atoms with van der Waals surface area (Å²) in [4.78, 5) is 13.3. The quantitative estimate of drug-likeness (QED) is 0.488. The number of nitrogen functional groups attached to an aromatic ring is 1. The van der Waals surface area contributed by atoms with Gasteiger partial charge in [-0.3, -0.25) is 10.3 Å². The molecule has 0 amide bonds. The maximum atomic E-state index is 6.04. The number of aromatic nitrogens is 10. The summed E-state index contributed by atoms with van der Waals surface area (Å²) < 4.78 is 1.27. The molecule has 0 aliphatic carbocycles. The van der Waals surface area contributed by atoms with Gasteiger partial charge in [-0.05, 0) is 34.6 Å². The van der Waals surface area contributed by atoms with Crippen LogP contribution in [0.15, 0.2) is 15.3 Å². The summed E-state index contributed by atoms with van der Waals surface area (Å²) in [5.41, 5.74) is 6.08. The number of nitrogens with zero attached hydrogens (tertiary/aromatic N) is 13. The molecular formula is C18H26N16. The second-order valence-electron chi connectivity index (χ2n) is 9.85. The molecule has 2 aliphatic rings. The van der Waals surface area contributed by atoms with Crippen LogP contribution in [0.4, 0.5) is 23.8 Å². The smallest absolute Gasteiger partial charge is 0.292 e. The Morgan fingerprint density at radius 2 is 1.68 bits per heavy atom. The second kappa shape index (κ2) is 6.94. The van der Waals surface area contributed by atoms with E-state index < -0.39 is 0 Å². The first-order chi connectivity index (χ1) is 15.9. The van der Waals surface area contributed by atoms with E-state index in [4.69, 9.17) is 5.73 Å². The normalized spacial score (nSPS) is 21.9. The fourth-order valence-electron chi connectivity index (χ4n) is 3.41. The van der Waals surface area contributed by atoms with Gasteiger partial charge < -0.3 is 5.73 Å². The van der Waals surface area contributed by atoms with E-state index in [-0.39, 0.29) is 40.4 Å². The molecule has 0 saturated heterocycles. The van der Waals surface area contributed by atoms with Gasteiger partial charge in [0.15, 0.2) is 5.82 Å². The van der Waals surface area contributed by atoms with E-state index in [9.17, 15) is 0 Å². The zero-order valence-electron chi connectivity index (χ0n) is 20.0. The average Bonchev–Trinajstić information content (AvgIpc) is 3.45. The van der Waals surface area contributed by atoms with Crippen molar-refractivity contribution in [2.24, 2.45) is 20.7 Å². The molecule has 5 heterocycles. The van der Waals surface area contributed by atoms with Crippen LogP contribution in [0.2, 0.25) is 0 Å². The van der Waals surface area contributed by atoms with Crippen molar-refractivity contribution in [3.8, 4) is 5.95 Å². The average molecular weight is 467 g/mol. The van der Waals surface area contributed by atoms with E-state index in [1.165, 1.54) is 4.68 Å². The molecule has 4 N–H and O–H groups in total. The van der Waals surface area contributed by atoms with E-state index >= 15 is 0 Å². The van der Waals surface area contributed by atoms with E-state index in [1.54, 1.807) is 5.01 Å². The zero-order valence-corrected chi connectivity index (χ0v) is 20.0. The van der Waals surface area contributed by atoms with Gasteiger partial charge in [0.25, 0.3) is 17.8 Å². The summed E-state index contributed by atoms with van der Waals surface area (Å²) >= 11 is 0. The van der Waals surface area contributed by atoms with Crippen molar-refractivity contribution in [2.75, 3.05) is 16.1 Å². The minimum Gasteiger partial charge on any atom is -0.368 e. The van der Waals surface area contributed by atoms with Gasteiger partial charge in [-0.15, -0.1) is 30.6 Å². The molecule has 0 saturated carbocycles. The fraction of sp³-hybridized carbons (Fsp3) is 0.611. The highest BCUT2D eigenvalue weighted by atomic mass is 15.7. The second-order valence-corrected chi connectivity index (χ2v) is 9.85. The Kier molecular flexibility index (Phi) is 4.44. The van der Waals surface area contributed by atoms with Gasteiger partial charge in [0.1, 0.15) is 5.54 Å². The van der Waals surface area contributed by atoms with E-state index in [2.05, 4.69) is 94.0 Å². The zero-order chi connectivity index (χ0) is 24.5. The molecule has 3 aromatic rings. The summed E-state index contributed by atoms with van der Waals surface area (Å²) in [6, 6.07) is -0.00408. The van der Waals surface area contributed by atoms with Crippen LogP contribution in [0.1, 0.15) is 54.3 Å². The Bertz CT molecular complexity index is 1290. The summed E-state index contributed by atoms with van der Waals surface area (Å²) in [5.74, 6) is 1.39. The summed E-state index contributed by atoms with van der Waals surface area (Å²) in [5, 5.41) is 40.4. The van der Waals surface area contributed by atoms with Crippen LogP contribution in [0, 0.1) is 5.41 Å². The Morgan fingerprint density at radius 1 is 0.971 bits per heavy atom. The number of aromatic amines is 1. The molecular weight excluding hydrogens is 440 g/mol. The van der Waals surface area contributed by atoms with E-state index in [1.807, 2.05) is 20.8 Å². The van der Waals surface area contributed by atoms with Gasteiger partial charge >= 0.3 is 0 Å². The maximum Gasteiger partial charge on any atom is 0.292 e. The Morgan fingerprint density at radius 3 is 2.26 bits per heavy atom. The van der Waals surface area contributed by atoms with E-state index in [0.717, 1.165) is 5.71 Å². The van der Waals surface area contributed by atoms with Gasteiger partial charge in [-0.25, -0.2) is 10.1 Å². The highest BCUT2D eigenvalue weighted by Gasteiger charge is 2.51. The lowest BCUT2D eigenvalue weighted by molar-refractivity contribution is 0.252. The van der Waals surface area contributed by atoms with Crippen molar-refractivity contribution in [1.82, 2.24) is 50.3 Å². The number of anilines is 4. The molecule has 2 aliphatic heterocycles. The minimum absolute atomic E-state index is 0.00408. The van der Waals surface area contributed by atoms with Gasteiger partial charge in [-0.2, -0.15) is 19.8 Å². The third-order valence-electron chi connectivity index (χ3n) is 6.71. The van der Waals surface area contributed by atoms with Crippen LogP contribution < -0.4 is 16.1 Å². The predicted octanol–water partition coefficient (Wildman–Crippen LogP) is 1.25. The molecule has 178 valence electrons. The first kappa shape index (κ1) is 21.7. The monoisotopic (exact) mass is 466 g/mol. The number of hydrogen-bond donors (Lipinski definition) is 3. The van der Waals surface area contributed by atoms with Crippen LogP contribution in [0.3, 0.4) is 0 Å².